The maximum absolute atomic E-state index is 12.7. The number of urea groups is 1. The van der Waals surface area contributed by atoms with Gasteiger partial charge in [-0.1, -0.05) is 13.8 Å². The summed E-state index contributed by atoms with van der Waals surface area (Å²) in [7, 11) is 0. The number of nitrogens with zero attached hydrogens (tertiary/aromatic N) is 3. The fourth-order valence-electron chi connectivity index (χ4n) is 3.38. The standard InChI is InChI=1S/C17H23F2N5O/c1-3-23(4-2)12-7-8-24(10-12)17(25)20-11-5-6-13-14(9-11)22-16(21-13)15(18)19/h5-6,9,12,15H,3-4,7-8,10H2,1-2H3,(H,20,25)(H,21,22)/t12-/m1/s1. The van der Waals surface area contributed by atoms with Gasteiger partial charge in [-0.15, -0.1) is 0 Å². The van der Waals surface area contributed by atoms with Crippen LogP contribution in [0, 0.1) is 0 Å². The Morgan fingerprint density at radius 2 is 2.20 bits per heavy atom. The minimum atomic E-state index is -2.65. The van der Waals surface area contributed by atoms with Gasteiger partial charge in [0, 0.05) is 24.8 Å². The molecule has 0 saturated carbocycles. The molecule has 0 spiro atoms. The van der Waals surface area contributed by atoms with Crippen LogP contribution in [0.25, 0.3) is 11.0 Å². The molecule has 3 rings (SSSR count). The van der Waals surface area contributed by atoms with E-state index in [1.54, 1.807) is 23.1 Å². The van der Waals surface area contributed by atoms with Gasteiger partial charge in [-0.3, -0.25) is 4.90 Å². The highest BCUT2D eigenvalue weighted by atomic mass is 19.3. The lowest BCUT2D eigenvalue weighted by Crippen LogP contribution is -2.39. The normalized spacial score (nSPS) is 17.8. The molecule has 1 atom stereocenters. The molecule has 8 heteroatoms. The van der Waals surface area contributed by atoms with Crippen molar-refractivity contribution in [1.82, 2.24) is 19.8 Å². The van der Waals surface area contributed by atoms with Crippen LogP contribution in [0.15, 0.2) is 18.2 Å². The van der Waals surface area contributed by atoms with Crippen molar-refractivity contribution in [1.29, 1.82) is 0 Å². The number of carbonyl (C=O) groups is 1. The van der Waals surface area contributed by atoms with Gasteiger partial charge in [-0.2, -0.15) is 0 Å². The van der Waals surface area contributed by atoms with E-state index in [0.717, 1.165) is 26.1 Å². The highest BCUT2D eigenvalue weighted by molar-refractivity contribution is 5.92. The Bertz CT molecular complexity index is 744. The molecule has 0 unspecified atom stereocenters. The molecule has 6 nitrogen and oxygen atoms in total. The second kappa shape index (κ2) is 7.35. The summed E-state index contributed by atoms with van der Waals surface area (Å²) >= 11 is 0. The van der Waals surface area contributed by atoms with Gasteiger partial charge < -0.3 is 15.2 Å². The summed E-state index contributed by atoms with van der Waals surface area (Å²) in [6.45, 7) is 7.61. The zero-order valence-corrected chi connectivity index (χ0v) is 14.4. The van der Waals surface area contributed by atoms with Crippen molar-refractivity contribution in [2.45, 2.75) is 32.7 Å². The summed E-state index contributed by atoms with van der Waals surface area (Å²) in [5.41, 5.74) is 1.50. The molecule has 2 aromatic rings. The number of likely N-dealkylation sites (N-methyl/N-ethyl adjacent to an activating group) is 1. The third kappa shape index (κ3) is 3.73. The van der Waals surface area contributed by atoms with Crippen molar-refractivity contribution in [3.8, 4) is 0 Å². The summed E-state index contributed by atoms with van der Waals surface area (Å²) in [6, 6.07) is 5.15. The number of likely N-dealkylation sites (tertiary alicyclic amines) is 1. The van der Waals surface area contributed by atoms with Crippen LogP contribution in [0.4, 0.5) is 19.3 Å². The molecule has 1 fully saturated rings. The van der Waals surface area contributed by atoms with Crippen molar-refractivity contribution in [2.75, 3.05) is 31.5 Å². The number of anilines is 1. The average molecular weight is 351 g/mol. The maximum atomic E-state index is 12.7. The summed E-state index contributed by atoms with van der Waals surface area (Å²) in [6.07, 6.45) is -1.68. The number of nitrogens with one attached hydrogen (secondary N) is 2. The molecular weight excluding hydrogens is 328 g/mol. The molecule has 0 bridgehead atoms. The second-order valence-electron chi connectivity index (χ2n) is 6.19. The molecule has 2 heterocycles. The Hall–Kier alpha value is -2.22. The van der Waals surface area contributed by atoms with Crippen molar-refractivity contribution in [2.24, 2.45) is 0 Å². The Morgan fingerprint density at radius 1 is 1.44 bits per heavy atom. The van der Waals surface area contributed by atoms with Crippen LogP contribution in [0.1, 0.15) is 32.5 Å². The van der Waals surface area contributed by atoms with Crippen molar-refractivity contribution >= 4 is 22.8 Å². The summed E-state index contributed by atoms with van der Waals surface area (Å²) in [5.74, 6) is -0.361. The number of imidazole rings is 1. The van der Waals surface area contributed by atoms with Crippen molar-refractivity contribution in [3.05, 3.63) is 24.0 Å². The van der Waals surface area contributed by atoms with E-state index in [-0.39, 0.29) is 11.9 Å². The quantitative estimate of drug-likeness (QED) is 0.867. The van der Waals surface area contributed by atoms with E-state index in [9.17, 15) is 13.6 Å². The molecule has 2 N–H and O–H groups in total. The Balaban J connectivity index is 1.66. The number of rotatable bonds is 5. The maximum Gasteiger partial charge on any atom is 0.321 e. The van der Waals surface area contributed by atoms with Crippen LogP contribution >= 0.6 is 0 Å². The first kappa shape index (κ1) is 17.6. The minimum Gasteiger partial charge on any atom is -0.337 e. The second-order valence-corrected chi connectivity index (χ2v) is 6.19. The number of fused-ring (bicyclic) bond motifs is 1. The predicted molar refractivity (Wildman–Crippen MR) is 93.0 cm³/mol. The lowest BCUT2D eigenvalue weighted by Gasteiger charge is -2.26. The van der Waals surface area contributed by atoms with E-state index in [4.69, 9.17) is 0 Å². The number of benzene rings is 1. The number of alkyl halides is 2. The highest BCUT2D eigenvalue weighted by Crippen LogP contribution is 2.23. The topological polar surface area (TPSA) is 64.3 Å². The fraction of sp³-hybridized carbons (Fsp3) is 0.529. The third-order valence-electron chi connectivity index (χ3n) is 4.74. The van der Waals surface area contributed by atoms with E-state index in [1.165, 1.54) is 0 Å². The van der Waals surface area contributed by atoms with Gasteiger partial charge in [-0.05, 0) is 37.7 Å². The first-order chi connectivity index (χ1) is 12.0. The number of aromatic nitrogens is 2. The molecule has 1 aromatic heterocycles. The molecule has 1 aliphatic heterocycles. The van der Waals surface area contributed by atoms with Gasteiger partial charge in [0.1, 0.15) is 0 Å². The van der Waals surface area contributed by atoms with Gasteiger partial charge >= 0.3 is 6.03 Å². The number of amides is 2. The zero-order valence-electron chi connectivity index (χ0n) is 14.4. The number of aromatic amines is 1. The number of hydrogen-bond donors (Lipinski definition) is 2. The molecule has 1 aromatic carbocycles. The molecule has 1 aliphatic rings. The molecule has 25 heavy (non-hydrogen) atoms. The molecule has 136 valence electrons. The SMILES string of the molecule is CCN(CC)[C@@H]1CCN(C(=O)Nc2ccc3nc(C(F)F)[nH]c3c2)C1. The van der Waals surface area contributed by atoms with Crippen LogP contribution in [0.3, 0.4) is 0 Å². The Labute approximate surface area is 145 Å². The monoisotopic (exact) mass is 351 g/mol. The van der Waals surface area contributed by atoms with Gasteiger partial charge in [0.15, 0.2) is 5.82 Å². The smallest absolute Gasteiger partial charge is 0.321 e. The molecule has 0 radical (unpaired) electrons. The van der Waals surface area contributed by atoms with Crippen LogP contribution < -0.4 is 5.32 Å². The van der Waals surface area contributed by atoms with E-state index in [0.29, 0.717) is 29.3 Å². The highest BCUT2D eigenvalue weighted by Gasteiger charge is 2.29. The fourth-order valence-corrected chi connectivity index (χ4v) is 3.38. The Morgan fingerprint density at radius 3 is 2.88 bits per heavy atom. The van der Waals surface area contributed by atoms with E-state index >= 15 is 0 Å². The van der Waals surface area contributed by atoms with Gasteiger partial charge in [0.05, 0.1) is 11.0 Å². The van der Waals surface area contributed by atoms with Gasteiger partial charge in [0.2, 0.25) is 0 Å². The van der Waals surface area contributed by atoms with Crippen LogP contribution in [0.5, 0.6) is 0 Å². The van der Waals surface area contributed by atoms with Gasteiger partial charge in [0.25, 0.3) is 6.43 Å². The average Bonchev–Trinajstić information content (AvgIpc) is 3.22. The predicted octanol–water partition coefficient (Wildman–Crippen LogP) is 3.45. The summed E-state index contributed by atoms with van der Waals surface area (Å²) in [5, 5.41) is 2.84. The first-order valence-corrected chi connectivity index (χ1v) is 8.59. The summed E-state index contributed by atoms with van der Waals surface area (Å²) < 4.78 is 25.4. The van der Waals surface area contributed by atoms with E-state index in [1.807, 2.05) is 0 Å². The van der Waals surface area contributed by atoms with Crippen molar-refractivity contribution in [3.63, 3.8) is 0 Å². The Kier molecular flexibility index (Phi) is 5.17. The third-order valence-corrected chi connectivity index (χ3v) is 4.74. The van der Waals surface area contributed by atoms with E-state index in [2.05, 4.69) is 34.0 Å². The number of halogens is 2. The summed E-state index contributed by atoms with van der Waals surface area (Å²) in [4.78, 5) is 23.0. The molecular formula is C17H23F2N5O. The number of H-pyrrole nitrogens is 1. The molecule has 1 saturated heterocycles. The largest absolute Gasteiger partial charge is 0.337 e. The lowest BCUT2D eigenvalue weighted by atomic mass is 10.2. The van der Waals surface area contributed by atoms with Crippen LogP contribution in [-0.4, -0.2) is 58.0 Å². The van der Waals surface area contributed by atoms with Gasteiger partial charge in [-0.25, -0.2) is 18.6 Å². The molecule has 0 aliphatic carbocycles. The van der Waals surface area contributed by atoms with Crippen LogP contribution in [0.2, 0.25) is 0 Å². The zero-order chi connectivity index (χ0) is 18.0. The first-order valence-electron chi connectivity index (χ1n) is 8.59. The lowest BCUT2D eigenvalue weighted by molar-refractivity contribution is 0.142. The number of hydrogen-bond acceptors (Lipinski definition) is 3. The van der Waals surface area contributed by atoms with Crippen molar-refractivity contribution < 1.29 is 13.6 Å². The van der Waals surface area contributed by atoms with E-state index < -0.39 is 6.43 Å². The molecule has 2 amide bonds. The van der Waals surface area contributed by atoms with Crippen LogP contribution in [-0.2, 0) is 0 Å². The number of carbonyl (C=O) groups excluding carboxylic acids is 1. The minimum absolute atomic E-state index is 0.164.